The molecule has 0 amide bonds. The molecule has 1 saturated heterocycles. The van der Waals surface area contributed by atoms with Gasteiger partial charge in [0.05, 0.1) is 11.6 Å². The average Bonchev–Trinajstić information content (AvgIpc) is 2.89. The van der Waals surface area contributed by atoms with E-state index in [4.69, 9.17) is 10.00 Å². The molecule has 1 fully saturated rings. The summed E-state index contributed by atoms with van der Waals surface area (Å²) in [5.74, 6) is 0.730. The number of piperidine rings is 1. The van der Waals surface area contributed by atoms with Crippen LogP contribution in [0.15, 0.2) is 84.9 Å². The number of benzene rings is 3. The molecule has 3 aromatic carbocycles. The summed E-state index contributed by atoms with van der Waals surface area (Å²) in [5.41, 5.74) is 1.39. The Morgan fingerprint density at radius 3 is 1.97 bits per heavy atom. The Morgan fingerprint density at radius 2 is 1.45 bits per heavy atom. The van der Waals surface area contributed by atoms with E-state index in [9.17, 15) is 10.2 Å². The van der Waals surface area contributed by atoms with Crippen molar-refractivity contribution in [2.45, 2.75) is 24.5 Å². The van der Waals surface area contributed by atoms with Crippen molar-refractivity contribution in [2.24, 2.45) is 5.92 Å². The predicted molar refractivity (Wildman–Crippen MR) is 128 cm³/mol. The summed E-state index contributed by atoms with van der Waals surface area (Å²) in [6.07, 6.45) is 1.06. The van der Waals surface area contributed by atoms with E-state index in [1.54, 1.807) is 24.3 Å². The van der Waals surface area contributed by atoms with E-state index < -0.39 is 11.7 Å². The zero-order valence-corrected chi connectivity index (χ0v) is 18.7. The fourth-order valence-electron chi connectivity index (χ4n) is 4.72. The smallest absolute Gasteiger partial charge is 0.119 e. The molecule has 170 valence electrons. The molecule has 1 heterocycles. The highest BCUT2D eigenvalue weighted by molar-refractivity contribution is 5.37. The minimum Gasteiger partial charge on any atom is -0.491 e. The minimum atomic E-state index is -1.04. The zero-order chi connectivity index (χ0) is 23.1. The number of rotatable bonds is 8. The first-order chi connectivity index (χ1) is 16.1. The van der Waals surface area contributed by atoms with Crippen LogP contribution in [0.4, 0.5) is 0 Å². The van der Waals surface area contributed by atoms with Gasteiger partial charge >= 0.3 is 0 Å². The molecule has 1 aliphatic heterocycles. The lowest BCUT2D eigenvalue weighted by atomic mass is 9.72. The maximum absolute atomic E-state index is 12.0. The summed E-state index contributed by atoms with van der Waals surface area (Å²) in [5, 5.41) is 31.3. The van der Waals surface area contributed by atoms with Gasteiger partial charge in [0.25, 0.3) is 0 Å². The van der Waals surface area contributed by atoms with Crippen LogP contribution in [0, 0.1) is 17.2 Å². The van der Waals surface area contributed by atoms with E-state index in [-0.39, 0.29) is 12.5 Å². The number of nitrogens with zero attached hydrogens (tertiary/aromatic N) is 2. The SMILES string of the molecule is N#Cc1ccc(OC[C@@H](O)CN2CCC(C(O)(c3ccccc3)c3ccccc3)CC2)cc1. The van der Waals surface area contributed by atoms with Gasteiger partial charge < -0.3 is 19.8 Å². The van der Waals surface area contributed by atoms with Crippen LogP contribution in [0.2, 0.25) is 0 Å². The number of nitriles is 1. The molecule has 5 heteroatoms. The van der Waals surface area contributed by atoms with Gasteiger partial charge in [0.2, 0.25) is 0 Å². The number of aliphatic hydroxyl groups is 2. The highest BCUT2D eigenvalue weighted by Gasteiger charge is 2.41. The van der Waals surface area contributed by atoms with E-state index in [2.05, 4.69) is 11.0 Å². The normalized spacial score (nSPS) is 16.2. The fraction of sp³-hybridized carbons (Fsp3) is 0.321. The molecule has 5 nitrogen and oxygen atoms in total. The molecule has 33 heavy (non-hydrogen) atoms. The zero-order valence-electron chi connectivity index (χ0n) is 18.7. The third-order valence-electron chi connectivity index (χ3n) is 6.50. The lowest BCUT2D eigenvalue weighted by Gasteiger charge is -2.42. The van der Waals surface area contributed by atoms with E-state index in [1.165, 1.54) is 0 Å². The van der Waals surface area contributed by atoms with Gasteiger partial charge in [0.15, 0.2) is 0 Å². The summed E-state index contributed by atoms with van der Waals surface area (Å²) in [4.78, 5) is 2.24. The van der Waals surface area contributed by atoms with E-state index in [1.807, 2.05) is 60.7 Å². The second kappa shape index (κ2) is 10.6. The Bertz CT molecular complexity index is 1000. The number of aliphatic hydroxyl groups excluding tert-OH is 1. The van der Waals surface area contributed by atoms with E-state index in [0.29, 0.717) is 17.9 Å². The molecule has 0 saturated carbocycles. The van der Waals surface area contributed by atoms with Gasteiger partial charge in [0, 0.05) is 6.54 Å². The third-order valence-corrected chi connectivity index (χ3v) is 6.50. The molecule has 0 bridgehead atoms. The molecule has 1 aliphatic rings. The maximum atomic E-state index is 12.0. The Labute approximate surface area is 195 Å². The van der Waals surface area contributed by atoms with Crippen molar-refractivity contribution in [3.63, 3.8) is 0 Å². The van der Waals surface area contributed by atoms with Crippen LogP contribution in [0.25, 0.3) is 0 Å². The average molecular weight is 443 g/mol. The van der Waals surface area contributed by atoms with Gasteiger partial charge in [-0.25, -0.2) is 0 Å². The van der Waals surface area contributed by atoms with E-state index >= 15 is 0 Å². The summed E-state index contributed by atoms with van der Waals surface area (Å²) in [7, 11) is 0. The van der Waals surface area contributed by atoms with Gasteiger partial charge in [0.1, 0.15) is 24.1 Å². The van der Waals surface area contributed by atoms with E-state index in [0.717, 1.165) is 37.1 Å². The summed E-state index contributed by atoms with van der Waals surface area (Å²) in [6, 6.07) is 28.8. The molecule has 0 aliphatic carbocycles. The van der Waals surface area contributed by atoms with Crippen molar-refractivity contribution >= 4 is 0 Å². The van der Waals surface area contributed by atoms with Crippen LogP contribution in [-0.2, 0) is 5.60 Å². The first-order valence-corrected chi connectivity index (χ1v) is 11.5. The number of likely N-dealkylation sites (tertiary alicyclic amines) is 1. The summed E-state index contributed by atoms with van der Waals surface area (Å²) < 4.78 is 5.67. The van der Waals surface area contributed by atoms with Crippen LogP contribution in [-0.4, -0.2) is 47.5 Å². The predicted octanol–water partition coefficient (Wildman–Crippen LogP) is 3.95. The molecule has 2 N–H and O–H groups in total. The van der Waals surface area contributed by atoms with Crippen LogP contribution >= 0.6 is 0 Å². The van der Waals surface area contributed by atoms with Crippen molar-refractivity contribution in [1.29, 1.82) is 5.26 Å². The van der Waals surface area contributed by atoms with Gasteiger partial charge in [-0.3, -0.25) is 0 Å². The van der Waals surface area contributed by atoms with Crippen LogP contribution < -0.4 is 4.74 Å². The first kappa shape index (κ1) is 23.0. The highest BCUT2D eigenvalue weighted by Crippen LogP contribution is 2.41. The number of ether oxygens (including phenoxy) is 1. The lowest BCUT2D eigenvalue weighted by Crippen LogP contribution is -2.46. The first-order valence-electron chi connectivity index (χ1n) is 11.5. The Hall–Kier alpha value is -3.17. The van der Waals surface area contributed by atoms with Crippen molar-refractivity contribution in [2.75, 3.05) is 26.2 Å². The number of β-amino-alcohol motifs (C(OH)–C–C–N with tert-alkyl or cyclic N) is 1. The summed E-state index contributed by atoms with van der Waals surface area (Å²) >= 11 is 0. The highest BCUT2D eigenvalue weighted by atomic mass is 16.5. The lowest BCUT2D eigenvalue weighted by molar-refractivity contribution is -0.0222. The second-order valence-electron chi connectivity index (χ2n) is 8.67. The fourth-order valence-corrected chi connectivity index (χ4v) is 4.72. The Balaban J connectivity index is 1.35. The number of hydrogen-bond acceptors (Lipinski definition) is 5. The summed E-state index contributed by atoms with van der Waals surface area (Å²) in [6.45, 7) is 2.34. The van der Waals surface area contributed by atoms with Crippen LogP contribution in [0.5, 0.6) is 5.75 Å². The monoisotopic (exact) mass is 442 g/mol. The second-order valence-corrected chi connectivity index (χ2v) is 8.67. The topological polar surface area (TPSA) is 76.7 Å². The molecule has 0 radical (unpaired) electrons. The molecular formula is C28H30N2O3. The Kier molecular flexibility index (Phi) is 7.41. The molecule has 1 atom stereocenters. The molecule has 3 aromatic rings. The quantitative estimate of drug-likeness (QED) is 0.553. The number of hydrogen-bond donors (Lipinski definition) is 2. The molecule has 4 rings (SSSR count). The standard InChI is InChI=1S/C28H30N2O3/c29-19-22-11-13-27(14-12-22)33-21-26(31)20-30-17-15-25(16-18-30)28(32,23-7-3-1-4-8-23)24-9-5-2-6-10-24/h1-14,25-26,31-32H,15-18,20-21H2/t26-/m0/s1. The maximum Gasteiger partial charge on any atom is 0.119 e. The van der Waals surface area contributed by atoms with Crippen molar-refractivity contribution in [1.82, 2.24) is 4.90 Å². The molecule has 0 unspecified atom stereocenters. The Morgan fingerprint density at radius 1 is 0.909 bits per heavy atom. The minimum absolute atomic E-state index is 0.0885. The van der Waals surface area contributed by atoms with Crippen LogP contribution in [0.1, 0.15) is 29.5 Å². The van der Waals surface area contributed by atoms with Crippen molar-refractivity contribution in [3.05, 3.63) is 102 Å². The molecular weight excluding hydrogens is 412 g/mol. The van der Waals surface area contributed by atoms with Gasteiger partial charge in [-0.2, -0.15) is 5.26 Å². The largest absolute Gasteiger partial charge is 0.491 e. The van der Waals surface area contributed by atoms with Gasteiger partial charge in [-0.1, -0.05) is 60.7 Å². The third kappa shape index (κ3) is 5.43. The van der Waals surface area contributed by atoms with Gasteiger partial charge in [-0.05, 0) is 67.2 Å². The van der Waals surface area contributed by atoms with Crippen LogP contribution in [0.3, 0.4) is 0 Å². The van der Waals surface area contributed by atoms with Crippen molar-refractivity contribution < 1.29 is 14.9 Å². The van der Waals surface area contributed by atoms with Crippen molar-refractivity contribution in [3.8, 4) is 11.8 Å². The molecule has 0 spiro atoms. The van der Waals surface area contributed by atoms with Gasteiger partial charge in [-0.15, -0.1) is 0 Å². The molecule has 0 aromatic heterocycles.